The second-order valence-electron chi connectivity index (χ2n) is 6.24. The van der Waals surface area contributed by atoms with Crippen LogP contribution in [0.5, 0.6) is 0 Å². The number of hydrogen-bond donors (Lipinski definition) is 1. The first-order valence-electron chi connectivity index (χ1n) is 8.06. The second kappa shape index (κ2) is 7.03. The number of thiophene rings is 1. The van der Waals surface area contributed by atoms with Gasteiger partial charge in [-0.3, -0.25) is 4.90 Å². The lowest BCUT2D eigenvalue weighted by Gasteiger charge is -2.40. The van der Waals surface area contributed by atoms with E-state index in [0.717, 1.165) is 6.54 Å². The van der Waals surface area contributed by atoms with Crippen LogP contribution in [-0.2, 0) is 0 Å². The zero-order valence-corrected chi connectivity index (χ0v) is 13.4. The van der Waals surface area contributed by atoms with Crippen LogP contribution < -0.4 is 5.32 Å². The highest BCUT2D eigenvalue weighted by atomic mass is 32.1. The molecule has 2 unspecified atom stereocenters. The van der Waals surface area contributed by atoms with Crippen LogP contribution in [0.2, 0.25) is 0 Å². The van der Waals surface area contributed by atoms with Gasteiger partial charge in [-0.2, -0.15) is 0 Å². The summed E-state index contributed by atoms with van der Waals surface area (Å²) in [6, 6.07) is 5.74. The van der Waals surface area contributed by atoms with Gasteiger partial charge in [-0.1, -0.05) is 12.5 Å². The molecule has 112 valence electrons. The molecule has 3 heterocycles. The Morgan fingerprint density at radius 3 is 2.85 bits per heavy atom. The van der Waals surface area contributed by atoms with Gasteiger partial charge in [0.15, 0.2) is 0 Å². The number of piperidine rings is 1. The van der Waals surface area contributed by atoms with Gasteiger partial charge in [0.25, 0.3) is 0 Å². The topological polar surface area (TPSA) is 18.5 Å². The highest BCUT2D eigenvalue weighted by Gasteiger charge is 2.27. The quantitative estimate of drug-likeness (QED) is 0.920. The van der Waals surface area contributed by atoms with Crippen LogP contribution >= 0.6 is 11.3 Å². The Kier molecular flexibility index (Phi) is 5.10. The van der Waals surface area contributed by atoms with E-state index in [1.165, 1.54) is 52.0 Å². The first-order valence-corrected chi connectivity index (χ1v) is 8.94. The van der Waals surface area contributed by atoms with E-state index in [2.05, 4.69) is 39.6 Å². The molecular formula is C16H27N3S. The zero-order chi connectivity index (χ0) is 13.8. The monoisotopic (exact) mass is 293 g/mol. The van der Waals surface area contributed by atoms with E-state index < -0.39 is 0 Å². The molecule has 0 radical (unpaired) electrons. The predicted molar refractivity (Wildman–Crippen MR) is 86.4 cm³/mol. The molecular weight excluding hydrogens is 266 g/mol. The predicted octanol–water partition coefficient (Wildman–Crippen LogP) is 2.57. The molecule has 2 fully saturated rings. The summed E-state index contributed by atoms with van der Waals surface area (Å²) in [5.41, 5.74) is 0. The van der Waals surface area contributed by atoms with Gasteiger partial charge >= 0.3 is 0 Å². The molecule has 1 aromatic heterocycles. The number of nitrogens with zero attached hydrogens (tertiary/aromatic N) is 2. The zero-order valence-electron chi connectivity index (χ0n) is 12.6. The lowest BCUT2D eigenvalue weighted by molar-refractivity contribution is 0.102. The Bertz CT molecular complexity index is 386. The van der Waals surface area contributed by atoms with Crippen molar-refractivity contribution >= 4 is 11.3 Å². The molecule has 0 bridgehead atoms. The molecule has 20 heavy (non-hydrogen) atoms. The first-order chi connectivity index (χ1) is 9.83. The van der Waals surface area contributed by atoms with Crippen LogP contribution in [0.4, 0.5) is 0 Å². The number of likely N-dealkylation sites (tertiary alicyclic amines) is 1. The van der Waals surface area contributed by atoms with Crippen LogP contribution in [-0.4, -0.2) is 55.1 Å². The first kappa shape index (κ1) is 14.5. The summed E-state index contributed by atoms with van der Waals surface area (Å²) in [6.07, 6.45) is 4.19. The largest absolute Gasteiger partial charge is 0.312 e. The third-order valence-electron chi connectivity index (χ3n) is 4.59. The van der Waals surface area contributed by atoms with Crippen LogP contribution in [0.1, 0.15) is 37.1 Å². The third-order valence-corrected chi connectivity index (χ3v) is 5.57. The minimum Gasteiger partial charge on any atom is -0.312 e. The third kappa shape index (κ3) is 3.61. The fourth-order valence-corrected chi connectivity index (χ4v) is 4.35. The van der Waals surface area contributed by atoms with Crippen molar-refractivity contribution in [3.63, 3.8) is 0 Å². The number of piperazine rings is 1. The maximum atomic E-state index is 3.56. The summed E-state index contributed by atoms with van der Waals surface area (Å²) >= 11 is 1.93. The summed E-state index contributed by atoms with van der Waals surface area (Å²) in [4.78, 5) is 6.92. The average molecular weight is 293 g/mol. The molecule has 4 heteroatoms. The van der Waals surface area contributed by atoms with Crippen molar-refractivity contribution in [2.24, 2.45) is 0 Å². The summed E-state index contributed by atoms with van der Waals surface area (Å²) in [5.74, 6) is 0. The van der Waals surface area contributed by atoms with Crippen molar-refractivity contribution in [3.05, 3.63) is 22.4 Å². The maximum absolute atomic E-state index is 3.56. The molecule has 1 aromatic rings. The van der Waals surface area contributed by atoms with E-state index in [9.17, 15) is 0 Å². The summed E-state index contributed by atoms with van der Waals surface area (Å²) in [5, 5.41) is 5.79. The lowest BCUT2D eigenvalue weighted by Crippen LogP contribution is -2.52. The molecule has 1 N–H and O–H groups in total. The van der Waals surface area contributed by atoms with E-state index >= 15 is 0 Å². The van der Waals surface area contributed by atoms with E-state index in [4.69, 9.17) is 0 Å². The molecule has 0 amide bonds. The van der Waals surface area contributed by atoms with Crippen LogP contribution in [0.3, 0.4) is 0 Å². The van der Waals surface area contributed by atoms with Gasteiger partial charge in [0.05, 0.1) is 6.04 Å². The lowest BCUT2D eigenvalue weighted by atomic mass is 10.1. The van der Waals surface area contributed by atoms with Crippen molar-refractivity contribution in [2.45, 2.75) is 38.3 Å². The second-order valence-corrected chi connectivity index (χ2v) is 7.22. The average Bonchev–Trinajstić information content (AvgIpc) is 3.00. The fourth-order valence-electron chi connectivity index (χ4n) is 3.50. The number of hydrogen-bond acceptors (Lipinski definition) is 4. The van der Waals surface area contributed by atoms with Gasteiger partial charge in [0.1, 0.15) is 0 Å². The molecule has 2 atom stereocenters. The Morgan fingerprint density at radius 1 is 1.30 bits per heavy atom. The van der Waals surface area contributed by atoms with Gasteiger partial charge in [-0.25, -0.2) is 0 Å². The normalized spacial score (nSPS) is 27.6. The van der Waals surface area contributed by atoms with Crippen molar-refractivity contribution in [2.75, 3.05) is 39.3 Å². The van der Waals surface area contributed by atoms with E-state index in [1.807, 2.05) is 11.3 Å². The summed E-state index contributed by atoms with van der Waals surface area (Å²) in [7, 11) is 0. The molecule has 2 aliphatic rings. The van der Waals surface area contributed by atoms with Crippen molar-refractivity contribution in [3.8, 4) is 0 Å². The molecule has 3 nitrogen and oxygen atoms in total. The maximum Gasteiger partial charge on any atom is 0.0570 e. The summed E-state index contributed by atoms with van der Waals surface area (Å²) in [6.45, 7) is 9.60. The molecule has 0 spiro atoms. The van der Waals surface area contributed by atoms with Gasteiger partial charge in [0.2, 0.25) is 0 Å². The van der Waals surface area contributed by atoms with Crippen molar-refractivity contribution in [1.82, 2.24) is 15.1 Å². The SMILES string of the molecule is CC1CN(C(CN2CCCCC2)c2cccs2)CCN1. The standard InChI is InChI=1S/C16H27N3S/c1-14-12-19(10-7-17-14)15(16-6-5-11-20-16)13-18-8-3-2-4-9-18/h5-6,11,14-15,17H,2-4,7-10,12-13H2,1H3. The number of rotatable bonds is 4. The Morgan fingerprint density at radius 2 is 2.15 bits per heavy atom. The minimum absolute atomic E-state index is 0.595. The van der Waals surface area contributed by atoms with Gasteiger partial charge < -0.3 is 10.2 Å². The molecule has 0 aliphatic carbocycles. The molecule has 2 aliphatic heterocycles. The van der Waals surface area contributed by atoms with Crippen LogP contribution in [0.15, 0.2) is 17.5 Å². The van der Waals surface area contributed by atoms with Gasteiger partial charge in [-0.05, 0) is 44.3 Å². The van der Waals surface area contributed by atoms with Crippen molar-refractivity contribution < 1.29 is 0 Å². The van der Waals surface area contributed by atoms with E-state index in [0.29, 0.717) is 12.1 Å². The molecule has 0 aromatic carbocycles. The molecule has 0 saturated carbocycles. The molecule has 2 saturated heterocycles. The fraction of sp³-hybridized carbons (Fsp3) is 0.750. The van der Waals surface area contributed by atoms with Gasteiger partial charge in [0, 0.05) is 37.1 Å². The highest BCUT2D eigenvalue weighted by molar-refractivity contribution is 7.10. The highest BCUT2D eigenvalue weighted by Crippen LogP contribution is 2.28. The molecule has 3 rings (SSSR count). The Balaban J connectivity index is 1.69. The number of nitrogens with one attached hydrogen (secondary N) is 1. The Labute approximate surface area is 127 Å². The van der Waals surface area contributed by atoms with Crippen LogP contribution in [0, 0.1) is 0 Å². The minimum atomic E-state index is 0.595. The smallest absolute Gasteiger partial charge is 0.0570 e. The van der Waals surface area contributed by atoms with E-state index in [1.54, 1.807) is 4.88 Å². The van der Waals surface area contributed by atoms with E-state index in [-0.39, 0.29) is 0 Å². The summed E-state index contributed by atoms with van der Waals surface area (Å²) < 4.78 is 0. The van der Waals surface area contributed by atoms with Gasteiger partial charge in [-0.15, -0.1) is 11.3 Å². The van der Waals surface area contributed by atoms with Crippen molar-refractivity contribution in [1.29, 1.82) is 0 Å². The van der Waals surface area contributed by atoms with Crippen LogP contribution in [0.25, 0.3) is 0 Å². The Hall–Kier alpha value is -0.420.